The molecule has 1 aliphatic heterocycles. The van der Waals surface area contributed by atoms with Gasteiger partial charge in [-0.05, 0) is 31.4 Å². The summed E-state index contributed by atoms with van der Waals surface area (Å²) in [7, 11) is 1.52. The fourth-order valence-electron chi connectivity index (χ4n) is 2.21. The highest BCUT2D eigenvalue weighted by Gasteiger charge is 2.19. The second kappa shape index (κ2) is 6.10. The SMILES string of the molecule is COc1cccc(C#N)c1NC(=O)N1CCCCC1. The van der Waals surface area contributed by atoms with Crippen LogP contribution in [0.15, 0.2) is 18.2 Å². The van der Waals surface area contributed by atoms with E-state index >= 15 is 0 Å². The average molecular weight is 259 g/mol. The summed E-state index contributed by atoms with van der Waals surface area (Å²) in [6.07, 6.45) is 3.23. The smallest absolute Gasteiger partial charge is 0.321 e. The Morgan fingerprint density at radius 2 is 2.11 bits per heavy atom. The maximum absolute atomic E-state index is 12.2. The van der Waals surface area contributed by atoms with Crippen LogP contribution < -0.4 is 10.1 Å². The second-order valence-corrected chi connectivity index (χ2v) is 4.47. The Labute approximate surface area is 112 Å². The van der Waals surface area contributed by atoms with E-state index in [1.807, 2.05) is 0 Å². The minimum absolute atomic E-state index is 0.166. The van der Waals surface area contributed by atoms with E-state index in [0.29, 0.717) is 17.0 Å². The van der Waals surface area contributed by atoms with Crippen molar-refractivity contribution < 1.29 is 9.53 Å². The molecule has 1 aliphatic rings. The van der Waals surface area contributed by atoms with Crippen LogP contribution in [0.25, 0.3) is 0 Å². The summed E-state index contributed by atoms with van der Waals surface area (Å²) in [6, 6.07) is 7.02. The van der Waals surface area contributed by atoms with Crippen molar-refractivity contribution in [1.29, 1.82) is 5.26 Å². The number of amides is 2. The predicted molar refractivity (Wildman–Crippen MR) is 72.2 cm³/mol. The van der Waals surface area contributed by atoms with Crippen LogP contribution in [0.3, 0.4) is 0 Å². The van der Waals surface area contributed by atoms with Gasteiger partial charge in [-0.3, -0.25) is 0 Å². The van der Waals surface area contributed by atoms with E-state index in [0.717, 1.165) is 25.9 Å². The number of likely N-dealkylation sites (tertiary alicyclic amines) is 1. The van der Waals surface area contributed by atoms with Crippen LogP contribution in [0, 0.1) is 11.3 Å². The number of nitriles is 1. The maximum Gasteiger partial charge on any atom is 0.321 e. The van der Waals surface area contributed by atoms with E-state index in [2.05, 4.69) is 11.4 Å². The number of carbonyl (C=O) groups is 1. The summed E-state index contributed by atoms with van der Waals surface area (Å²) < 4.78 is 5.19. The van der Waals surface area contributed by atoms with Gasteiger partial charge in [0.15, 0.2) is 0 Å². The molecule has 1 heterocycles. The Bertz CT molecular complexity index is 502. The van der Waals surface area contributed by atoms with Crippen molar-refractivity contribution in [3.63, 3.8) is 0 Å². The molecule has 0 bridgehead atoms. The molecule has 19 heavy (non-hydrogen) atoms. The van der Waals surface area contributed by atoms with Gasteiger partial charge in [-0.1, -0.05) is 6.07 Å². The third kappa shape index (κ3) is 2.97. The lowest BCUT2D eigenvalue weighted by Crippen LogP contribution is -2.38. The van der Waals surface area contributed by atoms with Crippen molar-refractivity contribution in [1.82, 2.24) is 4.90 Å². The largest absolute Gasteiger partial charge is 0.495 e. The zero-order valence-corrected chi connectivity index (χ0v) is 11.0. The van der Waals surface area contributed by atoms with Gasteiger partial charge >= 0.3 is 6.03 Å². The number of hydrogen-bond donors (Lipinski definition) is 1. The quantitative estimate of drug-likeness (QED) is 0.887. The third-order valence-corrected chi connectivity index (χ3v) is 3.24. The van der Waals surface area contributed by atoms with Crippen LogP contribution >= 0.6 is 0 Å². The summed E-state index contributed by atoms with van der Waals surface area (Å²) in [5, 5.41) is 11.9. The molecule has 0 aliphatic carbocycles. The first-order valence-corrected chi connectivity index (χ1v) is 6.39. The number of rotatable bonds is 2. The Balaban J connectivity index is 2.18. The number of methoxy groups -OCH3 is 1. The maximum atomic E-state index is 12.2. The lowest BCUT2D eigenvalue weighted by molar-refractivity contribution is 0.200. The standard InChI is InChI=1S/C14H17N3O2/c1-19-12-7-5-6-11(10-15)13(12)16-14(18)17-8-3-2-4-9-17/h5-7H,2-4,8-9H2,1H3,(H,16,18). The van der Waals surface area contributed by atoms with Gasteiger partial charge in [-0.15, -0.1) is 0 Å². The monoisotopic (exact) mass is 259 g/mol. The van der Waals surface area contributed by atoms with E-state index in [1.165, 1.54) is 13.5 Å². The van der Waals surface area contributed by atoms with Gasteiger partial charge in [0.2, 0.25) is 0 Å². The number of nitrogens with one attached hydrogen (secondary N) is 1. The van der Waals surface area contributed by atoms with E-state index in [9.17, 15) is 4.79 Å². The van der Waals surface area contributed by atoms with Gasteiger partial charge in [0, 0.05) is 13.1 Å². The Hall–Kier alpha value is -2.22. The first-order chi connectivity index (χ1) is 9.26. The predicted octanol–water partition coefficient (Wildman–Crippen LogP) is 2.58. The van der Waals surface area contributed by atoms with Crippen LogP contribution in [0.1, 0.15) is 24.8 Å². The molecule has 2 rings (SSSR count). The van der Waals surface area contributed by atoms with Crippen molar-refractivity contribution in [3.05, 3.63) is 23.8 Å². The number of benzene rings is 1. The van der Waals surface area contributed by atoms with Crippen molar-refractivity contribution in [2.24, 2.45) is 0 Å². The van der Waals surface area contributed by atoms with E-state index in [-0.39, 0.29) is 6.03 Å². The number of carbonyl (C=O) groups excluding carboxylic acids is 1. The third-order valence-electron chi connectivity index (χ3n) is 3.24. The molecule has 1 aromatic carbocycles. The van der Waals surface area contributed by atoms with Crippen LogP contribution in [0.2, 0.25) is 0 Å². The first-order valence-electron chi connectivity index (χ1n) is 6.39. The molecule has 5 heteroatoms. The molecular weight excluding hydrogens is 242 g/mol. The van der Waals surface area contributed by atoms with Crippen LogP contribution in [0.5, 0.6) is 5.75 Å². The van der Waals surface area contributed by atoms with Gasteiger partial charge in [-0.25, -0.2) is 4.79 Å². The zero-order chi connectivity index (χ0) is 13.7. The lowest BCUT2D eigenvalue weighted by atomic mass is 10.1. The number of nitrogens with zero attached hydrogens (tertiary/aromatic N) is 2. The molecule has 2 amide bonds. The fraction of sp³-hybridized carbons (Fsp3) is 0.429. The molecular formula is C14H17N3O2. The normalized spacial score (nSPS) is 14.6. The van der Waals surface area contributed by atoms with Crippen molar-refractivity contribution in [2.45, 2.75) is 19.3 Å². The fourth-order valence-corrected chi connectivity index (χ4v) is 2.21. The highest BCUT2D eigenvalue weighted by molar-refractivity contribution is 5.92. The van der Waals surface area contributed by atoms with Crippen LogP contribution in [0.4, 0.5) is 10.5 Å². The number of anilines is 1. The zero-order valence-electron chi connectivity index (χ0n) is 11.0. The molecule has 0 aromatic heterocycles. The molecule has 1 aromatic rings. The Morgan fingerprint density at radius 3 is 2.74 bits per heavy atom. The summed E-state index contributed by atoms with van der Waals surface area (Å²) in [5.74, 6) is 0.504. The number of hydrogen-bond acceptors (Lipinski definition) is 3. The molecule has 1 fully saturated rings. The van der Waals surface area contributed by atoms with Gasteiger partial charge in [0.1, 0.15) is 17.5 Å². The summed E-state index contributed by atoms with van der Waals surface area (Å²) in [4.78, 5) is 13.9. The van der Waals surface area contributed by atoms with Crippen molar-refractivity contribution in [2.75, 3.05) is 25.5 Å². The minimum Gasteiger partial charge on any atom is -0.495 e. The Morgan fingerprint density at radius 1 is 1.37 bits per heavy atom. The van der Waals surface area contributed by atoms with Gasteiger partial charge < -0.3 is 15.0 Å². The van der Waals surface area contributed by atoms with Gasteiger partial charge in [-0.2, -0.15) is 5.26 Å². The highest BCUT2D eigenvalue weighted by atomic mass is 16.5. The molecule has 5 nitrogen and oxygen atoms in total. The second-order valence-electron chi connectivity index (χ2n) is 4.47. The number of ether oxygens (including phenoxy) is 1. The van der Waals surface area contributed by atoms with Crippen molar-refractivity contribution in [3.8, 4) is 11.8 Å². The minimum atomic E-state index is -0.166. The summed E-state index contributed by atoms with van der Waals surface area (Å²) in [5.41, 5.74) is 0.854. The van der Waals surface area contributed by atoms with Crippen LogP contribution in [-0.2, 0) is 0 Å². The van der Waals surface area contributed by atoms with E-state index in [4.69, 9.17) is 10.00 Å². The molecule has 100 valence electrons. The van der Waals surface area contributed by atoms with Gasteiger partial charge in [0.05, 0.1) is 12.7 Å². The topological polar surface area (TPSA) is 65.4 Å². The molecule has 0 unspecified atom stereocenters. The number of para-hydroxylation sites is 1. The van der Waals surface area contributed by atoms with Gasteiger partial charge in [0.25, 0.3) is 0 Å². The summed E-state index contributed by atoms with van der Waals surface area (Å²) >= 11 is 0. The Kier molecular flexibility index (Phi) is 4.24. The highest BCUT2D eigenvalue weighted by Crippen LogP contribution is 2.28. The molecule has 0 spiro atoms. The lowest BCUT2D eigenvalue weighted by Gasteiger charge is -2.27. The number of urea groups is 1. The first kappa shape index (κ1) is 13.2. The molecule has 1 N–H and O–H groups in total. The average Bonchev–Trinajstić information content (AvgIpc) is 2.48. The van der Waals surface area contributed by atoms with Crippen molar-refractivity contribution >= 4 is 11.7 Å². The van der Waals surface area contributed by atoms with E-state index in [1.54, 1.807) is 23.1 Å². The van der Waals surface area contributed by atoms with Crippen LogP contribution in [-0.4, -0.2) is 31.1 Å². The summed E-state index contributed by atoms with van der Waals surface area (Å²) in [6.45, 7) is 1.53. The number of piperidine rings is 1. The molecule has 0 saturated carbocycles. The molecule has 1 saturated heterocycles. The van der Waals surface area contributed by atoms with E-state index < -0.39 is 0 Å². The molecule has 0 radical (unpaired) electrons. The molecule has 0 atom stereocenters.